The lowest BCUT2D eigenvalue weighted by atomic mass is 9.85. The molecular formula is C24H32N4O4S. The molecule has 0 aliphatic carbocycles. The number of aliphatic hydroxyl groups is 1. The Morgan fingerprint density at radius 2 is 1.91 bits per heavy atom. The van der Waals surface area contributed by atoms with Crippen molar-refractivity contribution < 1.29 is 19.5 Å². The number of carbonyl (C=O) groups is 3. The standard InChI is InChI=1S/C24H32N4O4S/c1-14-21(33-27-26-14)17-9-6-16(7-10-17)8-11-20(31)19-12-18(30)13-28(19)23(32)22(24(3,4)5)25-15(2)29/h6-7,9-10,18-19,22,30H,8,11-13H2,1-5H3,(H,25,29)/t18-,19+,22-/m1/s1. The summed E-state index contributed by atoms with van der Waals surface area (Å²) in [6.07, 6.45) is 0.277. The molecule has 1 aliphatic rings. The molecule has 1 fully saturated rings. The number of aryl methyl sites for hydroxylation is 2. The number of aliphatic hydroxyl groups excluding tert-OH is 1. The molecule has 1 aromatic carbocycles. The van der Waals surface area contributed by atoms with Gasteiger partial charge in [-0.15, -0.1) is 5.10 Å². The fourth-order valence-corrected chi connectivity index (χ4v) is 4.79. The van der Waals surface area contributed by atoms with Crippen LogP contribution in [0.4, 0.5) is 0 Å². The van der Waals surface area contributed by atoms with Crippen molar-refractivity contribution in [1.82, 2.24) is 19.8 Å². The Hall–Kier alpha value is -2.65. The first-order valence-electron chi connectivity index (χ1n) is 11.1. The van der Waals surface area contributed by atoms with Crippen molar-refractivity contribution in [2.45, 2.75) is 72.1 Å². The van der Waals surface area contributed by atoms with E-state index in [1.165, 1.54) is 23.4 Å². The van der Waals surface area contributed by atoms with Crippen LogP contribution in [0.5, 0.6) is 0 Å². The van der Waals surface area contributed by atoms with E-state index < -0.39 is 23.6 Å². The molecule has 0 spiro atoms. The molecule has 0 unspecified atom stereocenters. The van der Waals surface area contributed by atoms with Crippen LogP contribution in [0.1, 0.15) is 51.8 Å². The molecule has 3 rings (SSSR count). The van der Waals surface area contributed by atoms with Crippen LogP contribution in [0.25, 0.3) is 10.4 Å². The number of aromatic nitrogens is 2. The van der Waals surface area contributed by atoms with Gasteiger partial charge >= 0.3 is 0 Å². The van der Waals surface area contributed by atoms with Gasteiger partial charge in [-0.1, -0.05) is 49.5 Å². The molecule has 2 N–H and O–H groups in total. The number of β-amino-alcohol motifs (C(OH)–C–C–N with tert-alkyl or cyclic N) is 1. The Morgan fingerprint density at radius 1 is 1.24 bits per heavy atom. The highest BCUT2D eigenvalue weighted by Gasteiger charge is 2.43. The Morgan fingerprint density at radius 3 is 2.45 bits per heavy atom. The van der Waals surface area contributed by atoms with E-state index in [-0.39, 0.29) is 37.0 Å². The van der Waals surface area contributed by atoms with Crippen molar-refractivity contribution in [3.05, 3.63) is 35.5 Å². The first-order valence-corrected chi connectivity index (χ1v) is 11.9. The summed E-state index contributed by atoms with van der Waals surface area (Å²) >= 11 is 1.35. The number of rotatable bonds is 7. The third kappa shape index (κ3) is 6.03. The maximum absolute atomic E-state index is 13.3. The van der Waals surface area contributed by atoms with Gasteiger partial charge in [-0.05, 0) is 41.4 Å². The van der Waals surface area contributed by atoms with Crippen molar-refractivity contribution in [3.8, 4) is 10.4 Å². The zero-order valence-electron chi connectivity index (χ0n) is 19.8. The number of ketones is 1. The van der Waals surface area contributed by atoms with E-state index in [4.69, 9.17) is 0 Å². The molecular weight excluding hydrogens is 440 g/mol. The number of Topliss-reactive ketones (excluding diaryl/α,β-unsaturated/α-hetero) is 1. The van der Waals surface area contributed by atoms with E-state index in [1.54, 1.807) is 0 Å². The van der Waals surface area contributed by atoms with Gasteiger partial charge in [-0.3, -0.25) is 14.4 Å². The molecule has 1 saturated heterocycles. The van der Waals surface area contributed by atoms with Gasteiger partial charge in [0, 0.05) is 26.3 Å². The number of amides is 2. The summed E-state index contributed by atoms with van der Waals surface area (Å²) < 4.78 is 3.97. The zero-order chi connectivity index (χ0) is 24.3. The molecule has 3 atom stereocenters. The summed E-state index contributed by atoms with van der Waals surface area (Å²) in [6.45, 7) is 8.97. The summed E-state index contributed by atoms with van der Waals surface area (Å²) in [5.74, 6) is -0.717. The number of nitrogens with one attached hydrogen (secondary N) is 1. The van der Waals surface area contributed by atoms with Crippen LogP contribution in [0.15, 0.2) is 24.3 Å². The average Bonchev–Trinajstić information content (AvgIpc) is 3.35. The molecule has 178 valence electrons. The lowest BCUT2D eigenvalue weighted by Crippen LogP contribution is -2.56. The number of likely N-dealkylation sites (tertiary alicyclic amines) is 1. The Bertz CT molecular complexity index is 1010. The number of benzene rings is 1. The van der Waals surface area contributed by atoms with Crippen LogP contribution in [-0.4, -0.2) is 61.9 Å². The zero-order valence-corrected chi connectivity index (χ0v) is 20.6. The van der Waals surface area contributed by atoms with E-state index in [1.807, 2.05) is 52.0 Å². The lowest BCUT2D eigenvalue weighted by molar-refractivity contribution is -0.143. The van der Waals surface area contributed by atoms with Gasteiger partial charge in [0.1, 0.15) is 6.04 Å². The minimum atomic E-state index is -0.771. The van der Waals surface area contributed by atoms with E-state index in [9.17, 15) is 19.5 Å². The van der Waals surface area contributed by atoms with Crippen LogP contribution in [-0.2, 0) is 20.8 Å². The maximum atomic E-state index is 13.3. The Balaban J connectivity index is 1.67. The average molecular weight is 473 g/mol. The molecule has 0 bridgehead atoms. The van der Waals surface area contributed by atoms with E-state index in [2.05, 4.69) is 14.9 Å². The predicted octanol–water partition coefficient (Wildman–Crippen LogP) is 2.53. The fraction of sp³-hybridized carbons (Fsp3) is 0.542. The summed E-state index contributed by atoms with van der Waals surface area (Å²) in [5, 5.41) is 17.0. The first-order chi connectivity index (χ1) is 15.5. The largest absolute Gasteiger partial charge is 0.391 e. The van der Waals surface area contributed by atoms with Gasteiger partial charge in [0.25, 0.3) is 0 Å². The van der Waals surface area contributed by atoms with Gasteiger partial charge in [0.05, 0.1) is 22.7 Å². The molecule has 8 nitrogen and oxygen atoms in total. The highest BCUT2D eigenvalue weighted by Crippen LogP contribution is 2.28. The van der Waals surface area contributed by atoms with Crippen molar-refractivity contribution >= 4 is 29.1 Å². The van der Waals surface area contributed by atoms with Crippen molar-refractivity contribution in [2.75, 3.05) is 6.54 Å². The van der Waals surface area contributed by atoms with Crippen LogP contribution < -0.4 is 5.32 Å². The molecule has 2 heterocycles. The van der Waals surface area contributed by atoms with Gasteiger partial charge in [0.2, 0.25) is 11.8 Å². The maximum Gasteiger partial charge on any atom is 0.246 e. The van der Waals surface area contributed by atoms with Crippen LogP contribution in [0.3, 0.4) is 0 Å². The molecule has 2 aromatic rings. The summed E-state index contributed by atoms with van der Waals surface area (Å²) in [7, 11) is 0. The second kappa shape index (κ2) is 10.1. The summed E-state index contributed by atoms with van der Waals surface area (Å²) in [5.41, 5.74) is 2.42. The van der Waals surface area contributed by atoms with Crippen molar-refractivity contribution in [3.63, 3.8) is 0 Å². The quantitative estimate of drug-likeness (QED) is 0.640. The molecule has 2 amide bonds. The van der Waals surface area contributed by atoms with E-state index >= 15 is 0 Å². The fourth-order valence-electron chi connectivity index (χ4n) is 4.13. The highest BCUT2D eigenvalue weighted by molar-refractivity contribution is 7.09. The third-order valence-corrected chi connectivity index (χ3v) is 6.80. The predicted molar refractivity (Wildman–Crippen MR) is 127 cm³/mol. The Labute approximate surface area is 198 Å². The third-order valence-electron chi connectivity index (χ3n) is 5.92. The van der Waals surface area contributed by atoms with Crippen molar-refractivity contribution in [2.24, 2.45) is 5.41 Å². The molecule has 1 aliphatic heterocycles. The topological polar surface area (TPSA) is 112 Å². The van der Waals surface area contributed by atoms with E-state index in [0.29, 0.717) is 6.42 Å². The normalized spacial score (nSPS) is 19.4. The smallest absolute Gasteiger partial charge is 0.246 e. The van der Waals surface area contributed by atoms with Gasteiger partial charge in [0.15, 0.2) is 5.78 Å². The Kier molecular flexibility index (Phi) is 7.64. The second-order valence-electron chi connectivity index (χ2n) is 9.75. The number of hydrogen-bond donors (Lipinski definition) is 2. The minimum Gasteiger partial charge on any atom is -0.391 e. The summed E-state index contributed by atoms with van der Waals surface area (Å²) in [4.78, 5) is 40.5. The molecule has 33 heavy (non-hydrogen) atoms. The number of carbonyl (C=O) groups excluding carboxylic acids is 3. The van der Waals surface area contributed by atoms with Crippen LogP contribution in [0, 0.1) is 12.3 Å². The molecule has 0 radical (unpaired) electrons. The first kappa shape index (κ1) is 25.0. The van der Waals surface area contributed by atoms with Gasteiger partial charge in [-0.2, -0.15) is 0 Å². The van der Waals surface area contributed by atoms with E-state index in [0.717, 1.165) is 21.7 Å². The second-order valence-corrected chi connectivity index (χ2v) is 10.5. The lowest BCUT2D eigenvalue weighted by Gasteiger charge is -2.35. The molecule has 9 heteroatoms. The minimum absolute atomic E-state index is 0.0815. The van der Waals surface area contributed by atoms with Crippen LogP contribution in [0.2, 0.25) is 0 Å². The van der Waals surface area contributed by atoms with Gasteiger partial charge in [-0.25, -0.2) is 0 Å². The van der Waals surface area contributed by atoms with Crippen LogP contribution >= 0.6 is 11.5 Å². The number of nitrogens with zero attached hydrogens (tertiary/aromatic N) is 3. The highest BCUT2D eigenvalue weighted by atomic mass is 32.1. The van der Waals surface area contributed by atoms with Crippen molar-refractivity contribution in [1.29, 1.82) is 0 Å². The summed E-state index contributed by atoms with van der Waals surface area (Å²) in [6, 6.07) is 6.52. The monoisotopic (exact) mass is 472 g/mol. The molecule has 1 aromatic heterocycles. The van der Waals surface area contributed by atoms with Gasteiger partial charge < -0.3 is 15.3 Å². The number of hydrogen-bond acceptors (Lipinski definition) is 7. The SMILES string of the molecule is CC(=O)N[C@H](C(=O)N1C[C@H](O)C[C@H]1C(=O)CCc1ccc(-c2snnc2C)cc1)C(C)(C)C. The molecule has 0 saturated carbocycles.